The summed E-state index contributed by atoms with van der Waals surface area (Å²) in [6.07, 6.45) is 6.11. The van der Waals surface area contributed by atoms with Gasteiger partial charge in [-0.1, -0.05) is 12.1 Å². The third kappa shape index (κ3) is 4.99. The number of carbonyl (C=O) groups is 1. The first-order chi connectivity index (χ1) is 16.1. The molecule has 0 radical (unpaired) electrons. The maximum absolute atomic E-state index is 13.3. The minimum atomic E-state index is -2.47. The van der Waals surface area contributed by atoms with Crippen molar-refractivity contribution in [1.82, 2.24) is 15.1 Å². The van der Waals surface area contributed by atoms with Gasteiger partial charge in [0.05, 0.1) is 11.8 Å². The van der Waals surface area contributed by atoms with E-state index < -0.39 is 10.6 Å². The van der Waals surface area contributed by atoms with E-state index in [1.165, 1.54) is 5.56 Å². The van der Waals surface area contributed by atoms with E-state index in [1.54, 1.807) is 0 Å². The number of hydrogen-bond acceptors (Lipinski definition) is 5. The number of aromatic nitrogens is 2. The van der Waals surface area contributed by atoms with Crippen LogP contribution in [0.1, 0.15) is 70.2 Å². The van der Waals surface area contributed by atoms with Crippen LogP contribution in [0.2, 0.25) is 0 Å². The van der Waals surface area contributed by atoms with Crippen LogP contribution in [0.3, 0.4) is 0 Å². The predicted octanol–water partition coefficient (Wildman–Crippen LogP) is 5.20. The molecule has 1 aromatic heterocycles. The van der Waals surface area contributed by atoms with Crippen molar-refractivity contribution in [2.24, 2.45) is 5.92 Å². The van der Waals surface area contributed by atoms with Crippen molar-refractivity contribution in [3.05, 3.63) is 35.5 Å². The van der Waals surface area contributed by atoms with Crippen LogP contribution in [-0.2, 0) is 17.6 Å². The molecule has 2 heterocycles. The number of carbonyl (C=O) groups excluding carboxylic acids is 1. The van der Waals surface area contributed by atoms with Gasteiger partial charge in [-0.25, -0.2) is 0 Å². The minimum absolute atomic E-state index is 0.0735. The normalized spacial score (nSPS) is 24.4. The summed E-state index contributed by atoms with van der Waals surface area (Å²) in [5, 5.41) is 8.27. The fourth-order valence-corrected chi connectivity index (χ4v) is 6.90. The molecule has 8 heteroatoms. The van der Waals surface area contributed by atoms with Crippen LogP contribution in [-0.4, -0.2) is 47.9 Å². The van der Waals surface area contributed by atoms with Crippen LogP contribution < -0.4 is 10.1 Å². The van der Waals surface area contributed by atoms with Gasteiger partial charge in [0.15, 0.2) is 0 Å². The molecule has 34 heavy (non-hydrogen) atoms. The van der Waals surface area contributed by atoms with Crippen LogP contribution in [0.15, 0.2) is 24.3 Å². The van der Waals surface area contributed by atoms with Crippen molar-refractivity contribution < 1.29 is 18.6 Å². The van der Waals surface area contributed by atoms with Crippen molar-refractivity contribution >= 4 is 16.5 Å². The minimum Gasteiger partial charge on any atom is -0.490 e. The first-order valence-corrected chi connectivity index (χ1v) is 14.4. The Bertz CT molecular complexity index is 1070. The van der Waals surface area contributed by atoms with E-state index in [9.17, 15) is 13.9 Å². The molecule has 1 aliphatic heterocycles. The molecular weight excluding hydrogens is 450 g/mol. The molecular formula is C26H37N3O4S. The van der Waals surface area contributed by atoms with Crippen LogP contribution in [0, 0.1) is 5.92 Å². The number of ether oxygens (including phenoxy) is 1. The van der Waals surface area contributed by atoms with Crippen LogP contribution >= 0.6 is 10.6 Å². The van der Waals surface area contributed by atoms with E-state index in [2.05, 4.69) is 36.0 Å². The van der Waals surface area contributed by atoms with Crippen LogP contribution in [0.25, 0.3) is 11.3 Å². The Hall–Kier alpha value is -2.03. The molecule has 1 atom stereocenters. The number of nitrogens with one attached hydrogen (secondary N) is 1. The summed E-state index contributed by atoms with van der Waals surface area (Å²) in [5.41, 5.74) is 4.12. The molecule has 2 aromatic rings. The van der Waals surface area contributed by atoms with Crippen molar-refractivity contribution in [2.45, 2.75) is 83.4 Å². The number of nitrogens with zero attached hydrogens (tertiary/aromatic N) is 2. The van der Waals surface area contributed by atoms with Crippen molar-refractivity contribution in [2.75, 3.05) is 11.5 Å². The molecule has 2 fully saturated rings. The first kappa shape index (κ1) is 23.7. The standard InChI is InChI=1S/C26H37N3O4S/c1-17(2)29-23-16-19(25(30)27-26(3)11-13-34(31,32)14-12-26)7-10-22(23)24(28-29)18-5-4-6-21(15-18)33-20-8-9-20/h4-6,15,17,19-20,31-32H,7-14,16H2,1-3H3,(H,27,30). The average molecular weight is 488 g/mol. The second kappa shape index (κ2) is 8.88. The Kier molecular flexibility index (Phi) is 6.19. The molecule has 0 spiro atoms. The number of fused-ring (bicyclic) bond motifs is 1. The molecule has 1 saturated heterocycles. The van der Waals surface area contributed by atoms with Crippen molar-refractivity contribution in [3.63, 3.8) is 0 Å². The highest BCUT2D eigenvalue weighted by Gasteiger charge is 2.38. The molecule has 0 bridgehead atoms. The fourth-order valence-electron chi connectivity index (χ4n) is 5.14. The van der Waals surface area contributed by atoms with Gasteiger partial charge in [-0.3, -0.25) is 18.6 Å². The molecule has 1 unspecified atom stereocenters. The Morgan fingerprint density at radius 3 is 2.65 bits per heavy atom. The topological polar surface area (TPSA) is 96.6 Å². The third-order valence-electron chi connectivity index (χ3n) is 7.48. The summed E-state index contributed by atoms with van der Waals surface area (Å²) in [5.74, 6) is 1.61. The monoisotopic (exact) mass is 487 g/mol. The van der Waals surface area contributed by atoms with Gasteiger partial charge in [0.2, 0.25) is 5.91 Å². The van der Waals surface area contributed by atoms with E-state index >= 15 is 0 Å². The van der Waals surface area contributed by atoms with Gasteiger partial charge in [0, 0.05) is 52.2 Å². The number of amides is 1. The van der Waals surface area contributed by atoms with E-state index in [-0.39, 0.29) is 23.4 Å². The largest absolute Gasteiger partial charge is 0.490 e. The lowest BCUT2D eigenvalue weighted by atomic mass is 9.84. The number of benzene rings is 1. The van der Waals surface area contributed by atoms with Crippen molar-refractivity contribution in [3.8, 4) is 17.0 Å². The molecule has 5 rings (SSSR count). The quantitative estimate of drug-likeness (QED) is 0.521. The lowest BCUT2D eigenvalue weighted by molar-refractivity contribution is -0.127. The highest BCUT2D eigenvalue weighted by atomic mass is 32.3. The summed E-state index contributed by atoms with van der Waals surface area (Å²) in [6.45, 7) is 6.30. The summed E-state index contributed by atoms with van der Waals surface area (Å²) in [6, 6.07) is 8.45. The Morgan fingerprint density at radius 1 is 1.24 bits per heavy atom. The van der Waals surface area contributed by atoms with Gasteiger partial charge in [0.25, 0.3) is 0 Å². The lowest BCUT2D eigenvalue weighted by Crippen LogP contribution is -2.52. The second-order valence-corrected chi connectivity index (χ2v) is 13.3. The zero-order valence-corrected chi connectivity index (χ0v) is 21.2. The number of rotatable bonds is 6. The van der Waals surface area contributed by atoms with Gasteiger partial charge in [0.1, 0.15) is 5.75 Å². The van der Waals surface area contributed by atoms with E-state index in [4.69, 9.17) is 9.84 Å². The summed E-state index contributed by atoms with van der Waals surface area (Å²) in [7, 11) is -2.47. The lowest BCUT2D eigenvalue weighted by Gasteiger charge is -2.45. The zero-order valence-electron chi connectivity index (χ0n) is 20.4. The molecule has 2 aliphatic carbocycles. The van der Waals surface area contributed by atoms with Crippen LogP contribution in [0.5, 0.6) is 5.75 Å². The highest BCUT2D eigenvalue weighted by molar-refractivity contribution is 8.24. The van der Waals surface area contributed by atoms with Crippen molar-refractivity contribution in [1.29, 1.82) is 0 Å². The maximum atomic E-state index is 13.3. The van der Waals surface area contributed by atoms with Gasteiger partial charge in [-0.05, 0) is 71.4 Å². The molecule has 3 aliphatic rings. The molecule has 186 valence electrons. The molecule has 1 saturated carbocycles. The summed E-state index contributed by atoms with van der Waals surface area (Å²) < 4.78 is 28.0. The SMILES string of the molecule is CC(C)n1nc(-c2cccc(OC3CC3)c2)c2c1CC(C(=O)NC1(C)CCS(O)(O)CC1)CC2. The van der Waals surface area contributed by atoms with Crippen LogP contribution in [0.4, 0.5) is 0 Å². The highest BCUT2D eigenvalue weighted by Crippen LogP contribution is 2.47. The smallest absolute Gasteiger partial charge is 0.223 e. The predicted molar refractivity (Wildman–Crippen MR) is 136 cm³/mol. The average Bonchev–Trinajstić information content (AvgIpc) is 3.52. The molecule has 1 amide bonds. The first-order valence-electron chi connectivity index (χ1n) is 12.6. The molecule has 7 nitrogen and oxygen atoms in total. The summed E-state index contributed by atoms with van der Waals surface area (Å²) in [4.78, 5) is 13.3. The Morgan fingerprint density at radius 2 is 1.97 bits per heavy atom. The molecule has 1 aromatic carbocycles. The Labute approximate surface area is 203 Å². The van der Waals surface area contributed by atoms with E-state index in [0.717, 1.165) is 48.4 Å². The number of hydrogen-bond donors (Lipinski definition) is 3. The Balaban J connectivity index is 1.35. The fraction of sp³-hybridized carbons (Fsp3) is 0.615. The maximum Gasteiger partial charge on any atom is 0.223 e. The zero-order chi connectivity index (χ0) is 24.1. The third-order valence-corrected chi connectivity index (χ3v) is 9.20. The second-order valence-electron chi connectivity index (χ2n) is 10.9. The summed E-state index contributed by atoms with van der Waals surface area (Å²) >= 11 is 0. The van der Waals surface area contributed by atoms with E-state index in [0.29, 0.717) is 36.9 Å². The van der Waals surface area contributed by atoms with Gasteiger partial charge in [-0.15, -0.1) is 0 Å². The van der Waals surface area contributed by atoms with Gasteiger partial charge >= 0.3 is 0 Å². The van der Waals surface area contributed by atoms with E-state index in [1.807, 2.05) is 19.1 Å². The van der Waals surface area contributed by atoms with Gasteiger partial charge in [-0.2, -0.15) is 15.7 Å². The molecule has 3 N–H and O–H groups in total. The van der Waals surface area contributed by atoms with Gasteiger partial charge < -0.3 is 10.1 Å².